The van der Waals surface area contributed by atoms with Crippen molar-refractivity contribution in [1.29, 1.82) is 0 Å². The van der Waals surface area contributed by atoms with Gasteiger partial charge in [0.25, 0.3) is 0 Å². The molecule has 2 rings (SSSR count). The van der Waals surface area contributed by atoms with Gasteiger partial charge in [0, 0.05) is 5.56 Å². The molecule has 0 atom stereocenters. The Morgan fingerprint density at radius 2 is 1.55 bits per heavy atom. The predicted octanol–water partition coefficient (Wildman–Crippen LogP) is 3.26. The van der Waals surface area contributed by atoms with Gasteiger partial charge in [0.15, 0.2) is 11.5 Å². The van der Waals surface area contributed by atoms with E-state index in [2.05, 4.69) is 5.16 Å². The lowest BCUT2D eigenvalue weighted by atomic mass is 10.2. The Hall–Kier alpha value is -2.69. The maximum atomic E-state index is 5.29. The van der Waals surface area contributed by atoms with E-state index in [1.807, 2.05) is 30.3 Å². The Morgan fingerprint density at radius 1 is 0.909 bits per heavy atom. The summed E-state index contributed by atoms with van der Waals surface area (Å²) in [6, 6.07) is 13.4. The standard InChI is InChI=1S/C17H19NO4/c1-19-15-9-14(10-16(20-2)17(15)21-3)11-18-22-12-13-7-5-4-6-8-13/h4-11H,12H2,1-3H3/b18-11-. The lowest BCUT2D eigenvalue weighted by Crippen LogP contribution is -1.97. The van der Waals surface area contributed by atoms with Crippen LogP contribution in [0.5, 0.6) is 17.2 Å². The first-order valence-corrected chi connectivity index (χ1v) is 6.77. The summed E-state index contributed by atoms with van der Waals surface area (Å²) in [7, 11) is 4.71. The highest BCUT2D eigenvalue weighted by molar-refractivity contribution is 5.82. The molecule has 116 valence electrons. The molecule has 0 saturated heterocycles. The van der Waals surface area contributed by atoms with Gasteiger partial charge in [-0.15, -0.1) is 0 Å². The van der Waals surface area contributed by atoms with Crippen molar-refractivity contribution < 1.29 is 19.0 Å². The SMILES string of the molecule is COc1cc(/C=N\OCc2ccccc2)cc(OC)c1OC. The predicted molar refractivity (Wildman–Crippen MR) is 84.9 cm³/mol. The summed E-state index contributed by atoms with van der Waals surface area (Å²) in [5.74, 6) is 1.70. The Labute approximate surface area is 130 Å². The van der Waals surface area contributed by atoms with E-state index in [0.717, 1.165) is 11.1 Å². The third-order valence-corrected chi connectivity index (χ3v) is 3.04. The number of nitrogens with zero attached hydrogens (tertiary/aromatic N) is 1. The third-order valence-electron chi connectivity index (χ3n) is 3.04. The Balaban J connectivity index is 2.07. The molecule has 0 unspecified atom stereocenters. The summed E-state index contributed by atoms with van der Waals surface area (Å²) in [6.07, 6.45) is 1.60. The van der Waals surface area contributed by atoms with E-state index in [1.165, 1.54) is 0 Å². The van der Waals surface area contributed by atoms with Crippen molar-refractivity contribution in [3.05, 3.63) is 53.6 Å². The van der Waals surface area contributed by atoms with Crippen LogP contribution in [-0.2, 0) is 11.4 Å². The van der Waals surface area contributed by atoms with Gasteiger partial charge in [-0.3, -0.25) is 0 Å². The molecule has 0 aliphatic carbocycles. The monoisotopic (exact) mass is 301 g/mol. The highest BCUT2D eigenvalue weighted by atomic mass is 16.6. The van der Waals surface area contributed by atoms with Gasteiger partial charge in [0.2, 0.25) is 5.75 Å². The van der Waals surface area contributed by atoms with Crippen LogP contribution in [0, 0.1) is 0 Å². The Morgan fingerprint density at radius 3 is 2.09 bits per heavy atom. The molecule has 0 spiro atoms. The van der Waals surface area contributed by atoms with Gasteiger partial charge in [0.1, 0.15) is 6.61 Å². The molecule has 5 heteroatoms. The number of hydrogen-bond donors (Lipinski definition) is 0. The van der Waals surface area contributed by atoms with Crippen LogP contribution in [0.1, 0.15) is 11.1 Å². The molecule has 0 aliphatic heterocycles. The van der Waals surface area contributed by atoms with Crippen LogP contribution >= 0.6 is 0 Å². The fourth-order valence-electron chi connectivity index (χ4n) is 1.96. The van der Waals surface area contributed by atoms with Crippen LogP contribution in [0.2, 0.25) is 0 Å². The summed E-state index contributed by atoms with van der Waals surface area (Å²) in [5, 5.41) is 3.97. The topological polar surface area (TPSA) is 49.3 Å². The summed E-state index contributed by atoms with van der Waals surface area (Å²) in [4.78, 5) is 5.28. The summed E-state index contributed by atoms with van der Waals surface area (Å²) in [6.45, 7) is 0.418. The van der Waals surface area contributed by atoms with Gasteiger partial charge in [-0.25, -0.2) is 0 Å². The van der Waals surface area contributed by atoms with E-state index < -0.39 is 0 Å². The van der Waals surface area contributed by atoms with Crippen LogP contribution in [0.15, 0.2) is 47.6 Å². The second-order valence-electron chi connectivity index (χ2n) is 4.45. The lowest BCUT2D eigenvalue weighted by Gasteiger charge is -2.12. The zero-order valence-electron chi connectivity index (χ0n) is 12.9. The smallest absolute Gasteiger partial charge is 0.203 e. The molecule has 0 saturated carbocycles. The number of ether oxygens (including phenoxy) is 3. The normalized spacial score (nSPS) is 10.5. The molecule has 0 radical (unpaired) electrons. The number of methoxy groups -OCH3 is 3. The summed E-state index contributed by atoms with van der Waals surface area (Å²) >= 11 is 0. The fraction of sp³-hybridized carbons (Fsp3) is 0.235. The quantitative estimate of drug-likeness (QED) is 0.582. The molecular formula is C17H19NO4. The van der Waals surface area contributed by atoms with Gasteiger partial charge < -0.3 is 19.0 Å². The number of oxime groups is 1. The highest BCUT2D eigenvalue weighted by Gasteiger charge is 2.12. The average molecular weight is 301 g/mol. The van der Waals surface area contributed by atoms with E-state index >= 15 is 0 Å². The van der Waals surface area contributed by atoms with E-state index in [9.17, 15) is 0 Å². The van der Waals surface area contributed by atoms with Crippen LogP contribution < -0.4 is 14.2 Å². The molecule has 0 aromatic heterocycles. The molecule has 0 bridgehead atoms. The summed E-state index contributed by atoms with van der Waals surface area (Å²) < 4.78 is 15.8. The van der Waals surface area contributed by atoms with Crippen molar-refractivity contribution in [1.82, 2.24) is 0 Å². The molecule has 0 amide bonds. The van der Waals surface area contributed by atoms with E-state index in [0.29, 0.717) is 23.9 Å². The van der Waals surface area contributed by atoms with Gasteiger partial charge in [-0.2, -0.15) is 0 Å². The minimum absolute atomic E-state index is 0.418. The Kier molecular flexibility index (Phi) is 5.65. The first-order valence-electron chi connectivity index (χ1n) is 6.77. The van der Waals surface area contributed by atoms with Crippen LogP contribution in [-0.4, -0.2) is 27.5 Å². The van der Waals surface area contributed by atoms with Crippen molar-refractivity contribution in [3.63, 3.8) is 0 Å². The van der Waals surface area contributed by atoms with Crippen LogP contribution in [0.25, 0.3) is 0 Å². The maximum absolute atomic E-state index is 5.29. The summed E-state index contributed by atoms with van der Waals surface area (Å²) in [5.41, 5.74) is 1.85. The van der Waals surface area contributed by atoms with Crippen molar-refractivity contribution in [2.24, 2.45) is 5.16 Å². The first-order chi connectivity index (χ1) is 10.8. The van der Waals surface area contributed by atoms with Crippen LogP contribution in [0.4, 0.5) is 0 Å². The largest absolute Gasteiger partial charge is 0.493 e. The molecule has 22 heavy (non-hydrogen) atoms. The molecule has 2 aromatic carbocycles. The minimum atomic E-state index is 0.418. The Bertz CT molecular complexity index is 601. The molecule has 0 N–H and O–H groups in total. The number of hydrogen-bond acceptors (Lipinski definition) is 5. The molecular weight excluding hydrogens is 282 g/mol. The molecule has 2 aromatic rings. The van der Waals surface area contributed by atoms with Gasteiger partial charge in [-0.1, -0.05) is 35.5 Å². The second-order valence-corrected chi connectivity index (χ2v) is 4.45. The van der Waals surface area contributed by atoms with Crippen molar-refractivity contribution in [2.75, 3.05) is 21.3 Å². The molecule has 5 nitrogen and oxygen atoms in total. The number of rotatable bonds is 7. The first kappa shape index (κ1) is 15.7. The zero-order valence-corrected chi connectivity index (χ0v) is 12.9. The average Bonchev–Trinajstić information content (AvgIpc) is 2.58. The highest BCUT2D eigenvalue weighted by Crippen LogP contribution is 2.37. The zero-order chi connectivity index (χ0) is 15.8. The van der Waals surface area contributed by atoms with Crippen molar-refractivity contribution in [2.45, 2.75) is 6.61 Å². The van der Waals surface area contributed by atoms with Gasteiger partial charge in [0.05, 0.1) is 27.5 Å². The van der Waals surface area contributed by atoms with Crippen LogP contribution in [0.3, 0.4) is 0 Å². The third kappa shape index (κ3) is 3.91. The van der Waals surface area contributed by atoms with Gasteiger partial charge >= 0.3 is 0 Å². The molecule has 0 aliphatic rings. The van der Waals surface area contributed by atoms with Crippen molar-refractivity contribution in [3.8, 4) is 17.2 Å². The van der Waals surface area contributed by atoms with E-state index in [4.69, 9.17) is 19.0 Å². The van der Waals surface area contributed by atoms with E-state index in [1.54, 1.807) is 39.7 Å². The molecule has 0 heterocycles. The van der Waals surface area contributed by atoms with Crippen molar-refractivity contribution >= 4 is 6.21 Å². The van der Waals surface area contributed by atoms with Gasteiger partial charge in [-0.05, 0) is 17.7 Å². The fourth-order valence-corrected chi connectivity index (χ4v) is 1.96. The maximum Gasteiger partial charge on any atom is 0.203 e. The molecule has 0 fully saturated rings. The second kappa shape index (κ2) is 7.93. The minimum Gasteiger partial charge on any atom is -0.493 e. The number of benzene rings is 2. The lowest BCUT2D eigenvalue weighted by molar-refractivity contribution is 0.132. The van der Waals surface area contributed by atoms with E-state index in [-0.39, 0.29) is 0 Å².